The lowest BCUT2D eigenvalue weighted by Gasteiger charge is -2.20. The Kier molecular flexibility index (Phi) is 4.04. The van der Waals surface area contributed by atoms with Gasteiger partial charge in [0, 0.05) is 5.69 Å². The molecule has 0 saturated heterocycles. The number of carboxylic acids is 1. The third-order valence-electron chi connectivity index (χ3n) is 3.36. The van der Waals surface area contributed by atoms with Crippen LogP contribution in [0.25, 0.3) is 0 Å². The largest absolute Gasteiger partial charge is 0.480 e. The summed E-state index contributed by atoms with van der Waals surface area (Å²) in [6.45, 7) is 1.43. The Labute approximate surface area is 112 Å². The molecule has 3 N–H and O–H groups in total. The molecule has 1 aliphatic rings. The normalized spacial score (nSPS) is 15.2. The van der Waals surface area contributed by atoms with E-state index in [9.17, 15) is 9.59 Å². The van der Waals surface area contributed by atoms with Crippen molar-refractivity contribution in [2.75, 3.05) is 5.32 Å². The monoisotopic (exact) mass is 262 g/mol. The Morgan fingerprint density at radius 1 is 1.26 bits per heavy atom. The fourth-order valence-corrected chi connectivity index (χ4v) is 2.32. The number of carbonyl (C=O) groups is 2. The van der Waals surface area contributed by atoms with Gasteiger partial charge in [0.2, 0.25) is 0 Å². The summed E-state index contributed by atoms with van der Waals surface area (Å²) >= 11 is 0. The van der Waals surface area contributed by atoms with Crippen molar-refractivity contribution in [3.05, 3.63) is 29.3 Å². The van der Waals surface area contributed by atoms with E-state index in [4.69, 9.17) is 5.11 Å². The summed E-state index contributed by atoms with van der Waals surface area (Å²) < 4.78 is 0. The van der Waals surface area contributed by atoms with Crippen LogP contribution >= 0.6 is 0 Å². The number of fused-ring (bicyclic) bond motifs is 1. The molecule has 2 rings (SSSR count). The molecular formula is C14H18N2O3. The number of aliphatic carboxylic acids is 1. The molecule has 0 saturated carbocycles. The molecule has 1 atom stereocenters. The zero-order valence-electron chi connectivity index (χ0n) is 10.9. The summed E-state index contributed by atoms with van der Waals surface area (Å²) in [4.78, 5) is 22.4. The molecule has 1 aliphatic carbocycles. The molecule has 0 aromatic heterocycles. The van der Waals surface area contributed by atoms with Gasteiger partial charge in [-0.15, -0.1) is 0 Å². The summed E-state index contributed by atoms with van der Waals surface area (Å²) in [5.74, 6) is -1.05. The van der Waals surface area contributed by atoms with Gasteiger partial charge in [-0.3, -0.25) is 4.79 Å². The van der Waals surface area contributed by atoms with Crippen molar-refractivity contribution in [1.29, 1.82) is 0 Å². The van der Waals surface area contributed by atoms with E-state index in [0.29, 0.717) is 0 Å². The van der Waals surface area contributed by atoms with Crippen LogP contribution in [0.3, 0.4) is 0 Å². The van der Waals surface area contributed by atoms with Crippen LogP contribution in [0, 0.1) is 0 Å². The van der Waals surface area contributed by atoms with Crippen molar-refractivity contribution >= 4 is 17.7 Å². The van der Waals surface area contributed by atoms with Gasteiger partial charge in [-0.05, 0) is 49.8 Å². The highest BCUT2D eigenvalue weighted by atomic mass is 16.4. The molecule has 102 valence electrons. The lowest BCUT2D eigenvalue weighted by molar-refractivity contribution is -0.138. The predicted octanol–water partition coefficient (Wildman–Crippen LogP) is 2.16. The zero-order chi connectivity index (χ0) is 13.8. The van der Waals surface area contributed by atoms with Gasteiger partial charge in [-0.2, -0.15) is 0 Å². The van der Waals surface area contributed by atoms with Gasteiger partial charge in [0.1, 0.15) is 6.04 Å². The quantitative estimate of drug-likeness (QED) is 0.781. The Morgan fingerprint density at radius 3 is 2.74 bits per heavy atom. The standard InChI is InChI=1S/C14H18N2O3/c1-9(13(17)18)15-14(19)16-12-8-4-6-10-5-2-3-7-11(10)12/h4,6,8-9H,2-3,5,7H2,1H3,(H,17,18)(H2,15,16,19)/t9-/m0/s1. The van der Waals surface area contributed by atoms with Crippen LogP contribution < -0.4 is 10.6 Å². The maximum atomic E-state index is 11.7. The van der Waals surface area contributed by atoms with Crippen LogP contribution in [-0.2, 0) is 17.6 Å². The van der Waals surface area contributed by atoms with E-state index in [1.165, 1.54) is 24.5 Å². The SMILES string of the molecule is C[C@H](NC(=O)Nc1cccc2c1CCCC2)C(=O)O. The summed E-state index contributed by atoms with van der Waals surface area (Å²) in [6.07, 6.45) is 4.30. The molecule has 0 bridgehead atoms. The van der Waals surface area contributed by atoms with Crippen LogP contribution in [0.1, 0.15) is 30.9 Å². The van der Waals surface area contributed by atoms with Crippen LogP contribution in [0.2, 0.25) is 0 Å². The highest BCUT2D eigenvalue weighted by molar-refractivity contribution is 5.93. The number of urea groups is 1. The number of amides is 2. The Hall–Kier alpha value is -2.04. The first-order valence-electron chi connectivity index (χ1n) is 6.49. The average molecular weight is 262 g/mol. The minimum atomic E-state index is -1.05. The number of carbonyl (C=O) groups excluding carboxylic acids is 1. The predicted molar refractivity (Wildman–Crippen MR) is 72.3 cm³/mol. The zero-order valence-corrected chi connectivity index (χ0v) is 10.9. The molecule has 0 heterocycles. The van der Waals surface area contributed by atoms with Crippen molar-refractivity contribution in [3.8, 4) is 0 Å². The molecule has 0 fully saturated rings. The lowest BCUT2D eigenvalue weighted by Crippen LogP contribution is -2.41. The number of rotatable bonds is 3. The van der Waals surface area contributed by atoms with Gasteiger partial charge in [0.05, 0.1) is 0 Å². The van der Waals surface area contributed by atoms with Crippen LogP contribution in [0.4, 0.5) is 10.5 Å². The Bertz CT molecular complexity index is 499. The minimum absolute atomic E-state index is 0.478. The molecule has 5 heteroatoms. The van der Waals surface area contributed by atoms with E-state index in [-0.39, 0.29) is 0 Å². The van der Waals surface area contributed by atoms with Crippen molar-refractivity contribution in [2.24, 2.45) is 0 Å². The van der Waals surface area contributed by atoms with Crippen molar-refractivity contribution in [2.45, 2.75) is 38.6 Å². The van der Waals surface area contributed by atoms with Crippen molar-refractivity contribution in [3.63, 3.8) is 0 Å². The summed E-state index contributed by atoms with van der Waals surface area (Å²) in [5, 5.41) is 13.9. The van der Waals surface area contributed by atoms with E-state index < -0.39 is 18.0 Å². The van der Waals surface area contributed by atoms with E-state index in [1.807, 2.05) is 12.1 Å². The number of hydrogen-bond donors (Lipinski definition) is 3. The van der Waals surface area contributed by atoms with Crippen molar-refractivity contribution < 1.29 is 14.7 Å². The first kappa shape index (κ1) is 13.4. The van der Waals surface area contributed by atoms with Gasteiger partial charge in [0.15, 0.2) is 0 Å². The summed E-state index contributed by atoms with van der Waals surface area (Å²) in [6, 6.07) is 4.47. The second kappa shape index (κ2) is 5.73. The molecule has 0 aliphatic heterocycles. The summed E-state index contributed by atoms with van der Waals surface area (Å²) in [7, 11) is 0. The van der Waals surface area contributed by atoms with Crippen molar-refractivity contribution in [1.82, 2.24) is 5.32 Å². The minimum Gasteiger partial charge on any atom is -0.480 e. The lowest BCUT2D eigenvalue weighted by atomic mass is 9.90. The van der Waals surface area contributed by atoms with Crippen LogP contribution in [0.15, 0.2) is 18.2 Å². The molecule has 19 heavy (non-hydrogen) atoms. The first-order valence-corrected chi connectivity index (χ1v) is 6.49. The number of hydrogen-bond acceptors (Lipinski definition) is 2. The van der Waals surface area contributed by atoms with E-state index in [1.54, 1.807) is 0 Å². The second-order valence-corrected chi connectivity index (χ2v) is 4.81. The number of benzene rings is 1. The number of nitrogens with one attached hydrogen (secondary N) is 2. The maximum Gasteiger partial charge on any atom is 0.325 e. The molecule has 1 aromatic carbocycles. The molecular weight excluding hydrogens is 244 g/mol. The van der Waals surface area contributed by atoms with Gasteiger partial charge < -0.3 is 15.7 Å². The molecule has 0 radical (unpaired) electrons. The average Bonchev–Trinajstić information content (AvgIpc) is 2.39. The fraction of sp³-hybridized carbons (Fsp3) is 0.429. The molecule has 0 spiro atoms. The van der Waals surface area contributed by atoms with E-state index in [2.05, 4.69) is 16.7 Å². The molecule has 1 aromatic rings. The molecule has 2 amide bonds. The number of aryl methyl sites for hydroxylation is 1. The molecule has 5 nitrogen and oxygen atoms in total. The van der Waals surface area contributed by atoms with Crippen LogP contribution in [0.5, 0.6) is 0 Å². The molecule has 0 unspecified atom stereocenters. The summed E-state index contributed by atoms with van der Waals surface area (Å²) in [5.41, 5.74) is 3.23. The number of anilines is 1. The highest BCUT2D eigenvalue weighted by Crippen LogP contribution is 2.27. The van der Waals surface area contributed by atoms with Gasteiger partial charge in [-0.25, -0.2) is 4.79 Å². The van der Waals surface area contributed by atoms with E-state index >= 15 is 0 Å². The van der Waals surface area contributed by atoms with Crippen LogP contribution in [-0.4, -0.2) is 23.1 Å². The van der Waals surface area contributed by atoms with Gasteiger partial charge in [-0.1, -0.05) is 12.1 Å². The van der Waals surface area contributed by atoms with Gasteiger partial charge >= 0.3 is 12.0 Å². The van der Waals surface area contributed by atoms with E-state index in [0.717, 1.165) is 24.9 Å². The third kappa shape index (κ3) is 3.24. The Balaban J connectivity index is 2.07. The smallest absolute Gasteiger partial charge is 0.325 e. The maximum absolute atomic E-state index is 11.7. The Morgan fingerprint density at radius 2 is 2.00 bits per heavy atom. The highest BCUT2D eigenvalue weighted by Gasteiger charge is 2.17. The second-order valence-electron chi connectivity index (χ2n) is 4.81. The fourth-order valence-electron chi connectivity index (χ4n) is 2.32. The number of carboxylic acid groups (broad SMARTS) is 1. The third-order valence-corrected chi connectivity index (χ3v) is 3.36. The topological polar surface area (TPSA) is 78.4 Å². The van der Waals surface area contributed by atoms with Gasteiger partial charge in [0.25, 0.3) is 0 Å². The first-order chi connectivity index (χ1) is 9.08.